The summed E-state index contributed by atoms with van der Waals surface area (Å²) in [6.07, 6.45) is 3.44. The zero-order valence-corrected chi connectivity index (χ0v) is 13.1. The number of benzene rings is 1. The van der Waals surface area contributed by atoms with E-state index in [1.165, 1.54) is 0 Å². The van der Waals surface area contributed by atoms with E-state index in [1.807, 2.05) is 36.4 Å². The third-order valence-corrected chi connectivity index (χ3v) is 3.87. The van der Waals surface area contributed by atoms with Gasteiger partial charge in [-0.05, 0) is 38.7 Å². The first-order valence-electron chi connectivity index (χ1n) is 7.68. The van der Waals surface area contributed by atoms with Gasteiger partial charge in [0.15, 0.2) is 5.41 Å². The number of carbonyl (C=O) groups excluding carboxylic acids is 2. The highest BCUT2D eigenvalue weighted by Crippen LogP contribution is 2.41. The summed E-state index contributed by atoms with van der Waals surface area (Å²) in [6.45, 7) is 4.00. The average molecular weight is 302 g/mol. The smallest absolute Gasteiger partial charge is 0.324 e. The maximum absolute atomic E-state index is 12.3. The normalized spacial score (nSPS) is 16.0. The van der Waals surface area contributed by atoms with Crippen LogP contribution in [0.3, 0.4) is 0 Å². The number of esters is 2. The van der Waals surface area contributed by atoms with Crippen molar-refractivity contribution < 1.29 is 19.1 Å². The van der Waals surface area contributed by atoms with Crippen LogP contribution in [0.15, 0.2) is 42.0 Å². The molecule has 22 heavy (non-hydrogen) atoms. The van der Waals surface area contributed by atoms with Gasteiger partial charge >= 0.3 is 11.9 Å². The largest absolute Gasteiger partial charge is 0.465 e. The van der Waals surface area contributed by atoms with Gasteiger partial charge in [0.25, 0.3) is 0 Å². The van der Waals surface area contributed by atoms with Crippen LogP contribution >= 0.6 is 0 Å². The van der Waals surface area contributed by atoms with Gasteiger partial charge in [-0.3, -0.25) is 9.59 Å². The summed E-state index contributed by atoms with van der Waals surface area (Å²) in [7, 11) is 0. The second-order valence-corrected chi connectivity index (χ2v) is 5.43. The number of ether oxygens (including phenoxy) is 2. The van der Waals surface area contributed by atoms with Crippen molar-refractivity contribution in [2.75, 3.05) is 13.2 Å². The first kappa shape index (κ1) is 16.3. The molecule has 0 atom stereocenters. The van der Waals surface area contributed by atoms with Gasteiger partial charge in [-0.2, -0.15) is 0 Å². The maximum atomic E-state index is 12.3. The van der Waals surface area contributed by atoms with E-state index >= 15 is 0 Å². The van der Waals surface area contributed by atoms with Gasteiger partial charge in [0.05, 0.1) is 13.2 Å². The minimum Gasteiger partial charge on any atom is -0.465 e. The third kappa shape index (κ3) is 3.38. The van der Waals surface area contributed by atoms with Crippen LogP contribution in [0.4, 0.5) is 0 Å². The molecule has 0 aromatic heterocycles. The molecule has 0 amide bonds. The van der Waals surface area contributed by atoms with E-state index in [0.29, 0.717) is 12.8 Å². The molecule has 4 heteroatoms. The van der Waals surface area contributed by atoms with Gasteiger partial charge in [-0.1, -0.05) is 42.0 Å². The molecule has 1 aromatic carbocycles. The lowest BCUT2D eigenvalue weighted by atomic mass is 9.83. The van der Waals surface area contributed by atoms with Crippen LogP contribution in [0.2, 0.25) is 0 Å². The molecule has 0 saturated heterocycles. The second-order valence-electron chi connectivity index (χ2n) is 5.43. The fraction of sp³-hybridized carbons (Fsp3) is 0.444. The van der Waals surface area contributed by atoms with Gasteiger partial charge in [0, 0.05) is 0 Å². The Morgan fingerprint density at radius 2 is 1.64 bits per heavy atom. The molecule has 0 unspecified atom stereocenters. The van der Waals surface area contributed by atoms with Crippen LogP contribution in [0.5, 0.6) is 0 Å². The van der Waals surface area contributed by atoms with Crippen LogP contribution in [-0.2, 0) is 25.5 Å². The Balaban J connectivity index is 2.14. The van der Waals surface area contributed by atoms with Crippen molar-refractivity contribution in [3.05, 3.63) is 47.5 Å². The van der Waals surface area contributed by atoms with Gasteiger partial charge < -0.3 is 9.47 Å². The Bertz CT molecular complexity index is 542. The van der Waals surface area contributed by atoms with E-state index in [2.05, 4.69) is 0 Å². The third-order valence-electron chi connectivity index (χ3n) is 3.87. The SMILES string of the molecule is CCOC(=O)C1(C(=O)OCC)CC=C(Cc2ccccc2)C1. The van der Waals surface area contributed by atoms with Gasteiger partial charge in [-0.25, -0.2) is 0 Å². The highest BCUT2D eigenvalue weighted by atomic mass is 16.6. The van der Waals surface area contributed by atoms with Crippen molar-refractivity contribution in [2.24, 2.45) is 5.41 Å². The molecule has 1 aromatic rings. The van der Waals surface area contributed by atoms with Crippen molar-refractivity contribution in [1.29, 1.82) is 0 Å². The molecule has 0 radical (unpaired) electrons. The van der Waals surface area contributed by atoms with Crippen LogP contribution in [0.25, 0.3) is 0 Å². The van der Waals surface area contributed by atoms with E-state index in [9.17, 15) is 9.59 Å². The molecule has 2 rings (SSSR count). The van der Waals surface area contributed by atoms with Crippen LogP contribution in [0, 0.1) is 5.41 Å². The molecule has 0 fully saturated rings. The highest BCUT2D eigenvalue weighted by Gasteiger charge is 2.51. The van der Waals surface area contributed by atoms with Crippen LogP contribution < -0.4 is 0 Å². The van der Waals surface area contributed by atoms with Crippen LogP contribution in [0.1, 0.15) is 32.3 Å². The predicted molar refractivity (Wildman–Crippen MR) is 83.2 cm³/mol. The summed E-state index contributed by atoms with van der Waals surface area (Å²) in [5.74, 6) is -0.958. The number of hydrogen-bond acceptors (Lipinski definition) is 4. The fourth-order valence-electron chi connectivity index (χ4n) is 2.78. The topological polar surface area (TPSA) is 52.6 Å². The minimum atomic E-state index is -1.20. The predicted octanol–water partition coefficient (Wildman–Crippen LogP) is 3.06. The van der Waals surface area contributed by atoms with Gasteiger partial charge in [-0.15, -0.1) is 0 Å². The second kappa shape index (κ2) is 7.25. The molecule has 0 aliphatic heterocycles. The Morgan fingerprint density at radius 1 is 1.05 bits per heavy atom. The molecule has 1 aliphatic rings. The first-order chi connectivity index (χ1) is 10.6. The summed E-state index contributed by atoms with van der Waals surface area (Å²) in [4.78, 5) is 24.7. The molecule has 4 nitrogen and oxygen atoms in total. The summed E-state index contributed by atoms with van der Waals surface area (Å²) in [6, 6.07) is 10.0. The van der Waals surface area contributed by atoms with E-state index < -0.39 is 17.4 Å². The molecule has 1 aliphatic carbocycles. The standard InChI is InChI=1S/C18H22O4/c1-3-21-16(19)18(17(20)22-4-2)11-10-15(13-18)12-14-8-6-5-7-9-14/h5-10H,3-4,11-13H2,1-2H3. The monoisotopic (exact) mass is 302 g/mol. The number of rotatable bonds is 6. The Morgan fingerprint density at radius 3 is 2.18 bits per heavy atom. The number of hydrogen-bond donors (Lipinski definition) is 0. The lowest BCUT2D eigenvalue weighted by Gasteiger charge is -2.24. The molecular formula is C18H22O4. The molecule has 0 N–H and O–H groups in total. The zero-order chi connectivity index (χ0) is 16.0. The average Bonchev–Trinajstić information content (AvgIpc) is 2.94. The highest BCUT2D eigenvalue weighted by molar-refractivity contribution is 6.01. The lowest BCUT2D eigenvalue weighted by Crippen LogP contribution is -2.40. The van der Waals surface area contributed by atoms with E-state index in [4.69, 9.17) is 9.47 Å². The molecule has 0 spiro atoms. The molecule has 118 valence electrons. The van der Waals surface area contributed by atoms with Crippen molar-refractivity contribution in [3.63, 3.8) is 0 Å². The zero-order valence-electron chi connectivity index (χ0n) is 13.1. The van der Waals surface area contributed by atoms with E-state index in [0.717, 1.165) is 17.6 Å². The number of carbonyl (C=O) groups is 2. The van der Waals surface area contributed by atoms with E-state index in [1.54, 1.807) is 13.8 Å². The fourth-order valence-corrected chi connectivity index (χ4v) is 2.78. The van der Waals surface area contributed by atoms with Crippen molar-refractivity contribution >= 4 is 11.9 Å². The van der Waals surface area contributed by atoms with E-state index in [-0.39, 0.29) is 13.2 Å². The summed E-state index contributed by atoms with van der Waals surface area (Å²) < 4.78 is 10.2. The Kier molecular flexibility index (Phi) is 5.36. The molecule has 0 bridgehead atoms. The van der Waals surface area contributed by atoms with Gasteiger partial charge in [0.2, 0.25) is 0 Å². The number of allylic oxidation sites excluding steroid dienone is 2. The summed E-state index contributed by atoms with van der Waals surface area (Å²) in [5.41, 5.74) is 1.04. The van der Waals surface area contributed by atoms with Crippen molar-refractivity contribution in [2.45, 2.75) is 33.1 Å². The molecular weight excluding hydrogens is 280 g/mol. The minimum absolute atomic E-state index is 0.258. The van der Waals surface area contributed by atoms with Gasteiger partial charge in [0.1, 0.15) is 0 Å². The lowest BCUT2D eigenvalue weighted by molar-refractivity contribution is -0.171. The summed E-state index contributed by atoms with van der Waals surface area (Å²) >= 11 is 0. The molecule has 0 heterocycles. The van der Waals surface area contributed by atoms with Crippen LogP contribution in [-0.4, -0.2) is 25.2 Å². The maximum Gasteiger partial charge on any atom is 0.324 e. The van der Waals surface area contributed by atoms with Crippen molar-refractivity contribution in [1.82, 2.24) is 0 Å². The quantitative estimate of drug-likeness (QED) is 0.460. The first-order valence-corrected chi connectivity index (χ1v) is 7.68. The Hall–Kier alpha value is -2.10. The Labute approximate surface area is 131 Å². The van der Waals surface area contributed by atoms with Crippen molar-refractivity contribution in [3.8, 4) is 0 Å². The molecule has 0 saturated carbocycles. The summed E-state index contributed by atoms with van der Waals surface area (Å²) in [5, 5.41) is 0.